The molecule has 5 rings (SSSR count). The molecule has 3 amide bonds. The van der Waals surface area contributed by atoms with Crippen LogP contribution in [0.15, 0.2) is 72.0 Å². The van der Waals surface area contributed by atoms with Gasteiger partial charge in [0.2, 0.25) is 5.91 Å². The number of thioether (sulfide) groups is 1. The molecule has 1 aromatic heterocycles. The van der Waals surface area contributed by atoms with Crippen LogP contribution in [0.25, 0.3) is 17.1 Å². The van der Waals surface area contributed by atoms with E-state index in [1.807, 2.05) is 26.0 Å². The van der Waals surface area contributed by atoms with Crippen molar-refractivity contribution in [3.63, 3.8) is 0 Å². The van der Waals surface area contributed by atoms with Gasteiger partial charge in [0.15, 0.2) is 11.0 Å². The van der Waals surface area contributed by atoms with Crippen molar-refractivity contribution < 1.29 is 36.6 Å². The van der Waals surface area contributed by atoms with Gasteiger partial charge in [-0.05, 0) is 59.9 Å². The number of halogens is 4. The number of hydrogen-bond acceptors (Lipinski definition) is 7. The smallest absolute Gasteiger partial charge is 0.497 e. The van der Waals surface area contributed by atoms with E-state index in [4.69, 9.17) is 4.74 Å². The Labute approximate surface area is 265 Å². The highest BCUT2D eigenvalue weighted by atomic mass is 32.2. The van der Waals surface area contributed by atoms with Crippen molar-refractivity contribution in [2.75, 3.05) is 24.3 Å². The number of urea groups is 1. The van der Waals surface area contributed by atoms with E-state index in [1.165, 1.54) is 41.2 Å². The molecular weight excluding hydrogens is 628 g/mol. The molecule has 240 valence electrons. The molecule has 0 unspecified atom stereocenters. The zero-order valence-electron chi connectivity index (χ0n) is 24.8. The molecule has 0 atom stereocenters. The molecule has 2 heterocycles. The van der Waals surface area contributed by atoms with Gasteiger partial charge in [-0.25, -0.2) is 18.9 Å². The van der Waals surface area contributed by atoms with Crippen LogP contribution in [0.4, 0.5) is 28.0 Å². The predicted octanol–water partition coefficient (Wildman–Crippen LogP) is 6.49. The quantitative estimate of drug-likeness (QED) is 0.205. The first-order valence-corrected chi connectivity index (χ1v) is 15.0. The lowest BCUT2D eigenvalue weighted by molar-refractivity contribution is -0.274. The lowest BCUT2D eigenvalue weighted by atomic mass is 10.00. The van der Waals surface area contributed by atoms with Crippen molar-refractivity contribution in [2.24, 2.45) is 4.99 Å². The summed E-state index contributed by atoms with van der Waals surface area (Å²) >= 11 is 1.15. The van der Waals surface area contributed by atoms with E-state index in [9.17, 15) is 27.2 Å². The molecule has 1 aliphatic heterocycles. The largest absolute Gasteiger partial charge is 0.573 e. The second-order valence-electron chi connectivity index (χ2n) is 10.3. The molecule has 1 aliphatic rings. The number of anilines is 1. The van der Waals surface area contributed by atoms with Gasteiger partial charge < -0.3 is 14.8 Å². The van der Waals surface area contributed by atoms with Gasteiger partial charge in [-0.15, -0.1) is 18.3 Å². The Morgan fingerprint density at radius 1 is 1.09 bits per heavy atom. The Bertz CT molecular complexity index is 1780. The number of nitrogens with one attached hydrogen (secondary N) is 1. The number of carbonyl (C=O) groups is 2. The summed E-state index contributed by atoms with van der Waals surface area (Å²) in [5.74, 6) is -0.111. The zero-order valence-corrected chi connectivity index (χ0v) is 25.7. The number of rotatable bonds is 9. The Hall–Kier alpha value is -4.92. The maximum absolute atomic E-state index is 15.0. The summed E-state index contributed by atoms with van der Waals surface area (Å²) in [6.07, 6.45) is -3.28. The number of amidine groups is 1. The molecule has 4 aromatic rings. The van der Waals surface area contributed by atoms with Gasteiger partial charge in [0, 0.05) is 18.2 Å². The highest BCUT2D eigenvalue weighted by Gasteiger charge is 2.33. The third-order valence-corrected chi connectivity index (χ3v) is 7.80. The van der Waals surface area contributed by atoms with Crippen LogP contribution in [-0.2, 0) is 11.2 Å². The van der Waals surface area contributed by atoms with Crippen LogP contribution in [0.1, 0.15) is 30.9 Å². The average Bonchev–Trinajstić information content (AvgIpc) is 3.64. The number of ether oxygens (including phenoxy) is 2. The van der Waals surface area contributed by atoms with Crippen molar-refractivity contribution in [3.05, 3.63) is 83.9 Å². The number of nitrogens with zero attached hydrogens (tertiary/aromatic N) is 5. The molecule has 0 spiro atoms. The van der Waals surface area contributed by atoms with E-state index in [0.717, 1.165) is 29.5 Å². The van der Waals surface area contributed by atoms with Gasteiger partial charge in [-0.1, -0.05) is 43.8 Å². The van der Waals surface area contributed by atoms with E-state index in [-0.39, 0.29) is 47.3 Å². The topological polar surface area (TPSA) is 111 Å². The van der Waals surface area contributed by atoms with Crippen molar-refractivity contribution >= 4 is 34.6 Å². The average molecular weight is 657 g/mol. The summed E-state index contributed by atoms with van der Waals surface area (Å²) in [7, 11) is 1.53. The van der Waals surface area contributed by atoms with Crippen molar-refractivity contribution in [1.29, 1.82) is 0 Å². The molecule has 3 aromatic carbocycles. The van der Waals surface area contributed by atoms with Crippen LogP contribution in [0, 0.1) is 5.82 Å². The van der Waals surface area contributed by atoms with Gasteiger partial charge in [0.05, 0.1) is 24.2 Å². The van der Waals surface area contributed by atoms with Gasteiger partial charge in [-0.3, -0.25) is 9.69 Å². The Balaban J connectivity index is 1.21. The van der Waals surface area contributed by atoms with E-state index in [2.05, 4.69) is 25.1 Å². The molecule has 0 saturated carbocycles. The summed E-state index contributed by atoms with van der Waals surface area (Å²) < 4.78 is 62.7. The van der Waals surface area contributed by atoms with Gasteiger partial charge in [-0.2, -0.15) is 4.99 Å². The van der Waals surface area contributed by atoms with E-state index in [1.54, 1.807) is 18.2 Å². The second kappa shape index (κ2) is 13.6. The number of hydrogen-bond donors (Lipinski definition) is 1. The summed E-state index contributed by atoms with van der Waals surface area (Å²) in [6, 6.07) is 14.3. The normalized spacial score (nSPS) is 14.3. The summed E-state index contributed by atoms with van der Waals surface area (Å²) in [5, 5.41) is 7.17. The second-order valence-corrected chi connectivity index (χ2v) is 11.3. The van der Waals surface area contributed by atoms with Crippen molar-refractivity contribution in [3.8, 4) is 28.6 Å². The number of benzene rings is 3. The lowest BCUT2D eigenvalue weighted by Gasteiger charge is -2.22. The minimum Gasteiger partial charge on any atom is -0.497 e. The molecule has 0 aliphatic carbocycles. The Morgan fingerprint density at radius 2 is 1.83 bits per heavy atom. The van der Waals surface area contributed by atoms with Crippen LogP contribution in [0.3, 0.4) is 0 Å². The molecular formula is C31H28F4N6O4S. The molecule has 1 fully saturated rings. The van der Waals surface area contributed by atoms with Crippen LogP contribution in [0.2, 0.25) is 0 Å². The third kappa shape index (κ3) is 7.65. The fraction of sp³-hybridized carbons (Fsp3) is 0.258. The van der Waals surface area contributed by atoms with E-state index in [0.29, 0.717) is 28.3 Å². The number of methoxy groups -OCH3 is 1. The highest BCUT2D eigenvalue weighted by Crippen LogP contribution is 2.36. The molecule has 46 heavy (non-hydrogen) atoms. The number of carbonyl (C=O) groups excluding carboxylic acids is 2. The van der Waals surface area contributed by atoms with Crippen LogP contribution in [0.5, 0.6) is 11.5 Å². The number of aliphatic imine (C=N–C) groups is 1. The molecule has 0 radical (unpaired) electrons. The minimum absolute atomic E-state index is 0.0851. The molecule has 1 N–H and O–H groups in total. The standard InChI is InChI=1S/C31H28F4N6O4S/c1-18(2)24-11-10-23(44-3)15-26(24)41-27(42)16-46-30(41)38-29(43)36-13-12-19-4-5-20(14-25(19)32)28-37-17-40(39-28)21-6-8-22(9-7-21)45-31(33,34)35/h4-11,14-15,17-18H,12-13,16H2,1-3H3,(H,36,43). The first kappa shape index (κ1) is 32.5. The van der Waals surface area contributed by atoms with E-state index < -0.39 is 18.2 Å². The van der Waals surface area contributed by atoms with Gasteiger partial charge in [0.1, 0.15) is 23.6 Å². The summed E-state index contributed by atoms with van der Waals surface area (Å²) in [5.41, 5.74) is 2.65. The maximum Gasteiger partial charge on any atom is 0.573 e. The molecule has 10 nitrogen and oxygen atoms in total. The van der Waals surface area contributed by atoms with Crippen LogP contribution in [-0.4, -0.2) is 57.6 Å². The molecule has 0 bridgehead atoms. The SMILES string of the molecule is COc1ccc(C(C)C)c(N2C(=O)CSC2=NC(=O)NCCc2ccc(-c3ncn(-c4ccc(OC(F)(F)F)cc4)n3)cc2F)c1. The zero-order chi connectivity index (χ0) is 33.0. The van der Waals surface area contributed by atoms with E-state index >= 15 is 0 Å². The van der Waals surface area contributed by atoms with Gasteiger partial charge >= 0.3 is 12.4 Å². The first-order valence-electron chi connectivity index (χ1n) is 14.0. The Kier molecular flexibility index (Phi) is 9.60. The minimum atomic E-state index is -4.80. The number of aromatic nitrogens is 3. The monoisotopic (exact) mass is 656 g/mol. The number of alkyl halides is 3. The predicted molar refractivity (Wildman–Crippen MR) is 165 cm³/mol. The Morgan fingerprint density at radius 3 is 2.50 bits per heavy atom. The fourth-order valence-corrected chi connectivity index (χ4v) is 5.51. The maximum atomic E-state index is 15.0. The van der Waals surface area contributed by atoms with Crippen LogP contribution < -0.4 is 19.7 Å². The summed E-state index contributed by atoms with van der Waals surface area (Å²) in [4.78, 5) is 35.2. The molecule has 15 heteroatoms. The third-order valence-electron chi connectivity index (χ3n) is 6.87. The lowest BCUT2D eigenvalue weighted by Crippen LogP contribution is -2.32. The van der Waals surface area contributed by atoms with Crippen molar-refractivity contribution in [1.82, 2.24) is 20.1 Å². The fourth-order valence-electron chi connectivity index (χ4n) is 4.65. The molecule has 1 saturated heterocycles. The summed E-state index contributed by atoms with van der Waals surface area (Å²) in [6.45, 7) is 4.09. The van der Waals surface area contributed by atoms with Gasteiger partial charge in [0.25, 0.3) is 0 Å². The highest BCUT2D eigenvalue weighted by molar-refractivity contribution is 8.15. The van der Waals surface area contributed by atoms with Crippen LogP contribution >= 0.6 is 11.8 Å². The number of amides is 3. The van der Waals surface area contributed by atoms with Crippen molar-refractivity contribution in [2.45, 2.75) is 32.5 Å². The first-order chi connectivity index (χ1) is 21.9.